The topological polar surface area (TPSA) is 92.1 Å². The first-order valence-corrected chi connectivity index (χ1v) is 12.5. The van der Waals surface area contributed by atoms with Crippen LogP contribution in [0.1, 0.15) is 40.1 Å². The Morgan fingerprint density at radius 3 is 2.57 bits per heavy atom. The summed E-state index contributed by atoms with van der Waals surface area (Å²) in [7, 11) is -3.64. The van der Waals surface area contributed by atoms with Gasteiger partial charge in [-0.3, -0.25) is 9.69 Å². The van der Waals surface area contributed by atoms with Gasteiger partial charge in [0, 0.05) is 32.7 Å². The van der Waals surface area contributed by atoms with Crippen LogP contribution in [0.4, 0.5) is 0 Å². The third-order valence-corrected chi connectivity index (χ3v) is 8.53. The maximum absolute atomic E-state index is 13.0. The summed E-state index contributed by atoms with van der Waals surface area (Å²) in [6.45, 7) is 5.99. The first kappa shape index (κ1) is 21.5. The molecule has 0 bridgehead atoms. The average molecular weight is 454 g/mol. The van der Waals surface area contributed by atoms with E-state index in [1.165, 1.54) is 10.4 Å². The number of aryl methyl sites for hydroxylation is 1. The number of hydrogen-bond donors (Lipinski definition) is 1. The number of furan rings is 1. The number of morpholine rings is 1. The smallest absolute Gasteiger partial charge is 0.262 e. The number of amides is 1. The van der Waals surface area contributed by atoms with Gasteiger partial charge in [0.25, 0.3) is 5.91 Å². The van der Waals surface area contributed by atoms with Crippen molar-refractivity contribution in [2.75, 3.05) is 45.9 Å². The molecule has 2 fully saturated rings. The van der Waals surface area contributed by atoms with Gasteiger partial charge in [-0.05, 0) is 43.3 Å². The Labute approximate surface area is 180 Å². The molecule has 0 saturated carbocycles. The van der Waals surface area contributed by atoms with E-state index in [1.54, 1.807) is 5.38 Å². The van der Waals surface area contributed by atoms with Crippen LogP contribution >= 0.6 is 11.3 Å². The first-order chi connectivity index (χ1) is 14.5. The van der Waals surface area contributed by atoms with Gasteiger partial charge in [0.1, 0.15) is 21.3 Å². The lowest BCUT2D eigenvalue weighted by molar-refractivity contribution is 0.0117. The van der Waals surface area contributed by atoms with Crippen LogP contribution in [-0.2, 0) is 14.8 Å². The first-order valence-electron chi connectivity index (χ1n) is 10.2. The summed E-state index contributed by atoms with van der Waals surface area (Å²) in [6, 6.07) is 5.23. The third-order valence-electron chi connectivity index (χ3n) is 5.55. The van der Waals surface area contributed by atoms with Crippen LogP contribution in [0.3, 0.4) is 0 Å². The van der Waals surface area contributed by atoms with Crippen LogP contribution in [0, 0.1) is 6.92 Å². The van der Waals surface area contributed by atoms with Gasteiger partial charge in [0.2, 0.25) is 10.0 Å². The average Bonchev–Trinajstić information content (AvgIpc) is 3.50. The molecular formula is C20H27N3O5S2. The maximum Gasteiger partial charge on any atom is 0.262 e. The highest BCUT2D eigenvalue weighted by atomic mass is 32.2. The Morgan fingerprint density at radius 2 is 1.90 bits per heavy atom. The van der Waals surface area contributed by atoms with E-state index >= 15 is 0 Å². The van der Waals surface area contributed by atoms with Crippen molar-refractivity contribution in [2.45, 2.75) is 30.7 Å². The molecule has 2 aromatic rings. The van der Waals surface area contributed by atoms with Crippen molar-refractivity contribution < 1.29 is 22.4 Å². The van der Waals surface area contributed by atoms with E-state index in [9.17, 15) is 13.2 Å². The van der Waals surface area contributed by atoms with Gasteiger partial charge >= 0.3 is 0 Å². The molecule has 30 heavy (non-hydrogen) atoms. The number of ether oxygens (including phenoxy) is 1. The van der Waals surface area contributed by atoms with Gasteiger partial charge in [-0.1, -0.05) is 0 Å². The molecule has 0 radical (unpaired) electrons. The monoisotopic (exact) mass is 453 g/mol. The van der Waals surface area contributed by atoms with Crippen LogP contribution < -0.4 is 5.32 Å². The Morgan fingerprint density at radius 1 is 1.17 bits per heavy atom. The van der Waals surface area contributed by atoms with Gasteiger partial charge in [0.15, 0.2) is 0 Å². The summed E-state index contributed by atoms with van der Waals surface area (Å²) in [6.07, 6.45) is 1.71. The van der Waals surface area contributed by atoms with Crippen molar-refractivity contribution in [1.82, 2.24) is 14.5 Å². The fourth-order valence-electron chi connectivity index (χ4n) is 3.93. The summed E-state index contributed by atoms with van der Waals surface area (Å²) in [5.41, 5.74) is 0. The number of hydrogen-bond acceptors (Lipinski definition) is 7. The van der Waals surface area contributed by atoms with Gasteiger partial charge < -0.3 is 14.5 Å². The normalized spacial score (nSPS) is 19.8. The molecule has 2 aliphatic rings. The van der Waals surface area contributed by atoms with Crippen molar-refractivity contribution in [1.29, 1.82) is 0 Å². The van der Waals surface area contributed by atoms with Gasteiger partial charge in [0.05, 0.1) is 19.3 Å². The number of sulfonamides is 1. The number of thiophene rings is 1. The maximum atomic E-state index is 13.0. The molecule has 4 rings (SSSR count). The van der Waals surface area contributed by atoms with E-state index in [-0.39, 0.29) is 21.7 Å². The van der Waals surface area contributed by atoms with E-state index in [0.29, 0.717) is 32.8 Å². The second kappa shape index (κ2) is 9.19. The molecule has 1 N–H and O–H groups in total. The van der Waals surface area contributed by atoms with Gasteiger partial charge in [-0.25, -0.2) is 8.42 Å². The highest BCUT2D eigenvalue weighted by Gasteiger charge is 2.32. The summed E-state index contributed by atoms with van der Waals surface area (Å²) >= 11 is 1.16. The molecule has 2 saturated heterocycles. The SMILES string of the molecule is Cc1ccc(C(CNC(=O)c2sccc2S(=O)(=O)N2CCCC2)N2CCOCC2)o1. The molecule has 1 atom stereocenters. The quantitative estimate of drug-likeness (QED) is 0.691. The summed E-state index contributed by atoms with van der Waals surface area (Å²) in [5.74, 6) is 1.22. The Hall–Kier alpha value is -1.72. The van der Waals surface area contributed by atoms with E-state index in [4.69, 9.17) is 9.15 Å². The van der Waals surface area contributed by atoms with Crippen molar-refractivity contribution >= 4 is 27.3 Å². The van der Waals surface area contributed by atoms with E-state index < -0.39 is 10.0 Å². The molecule has 0 aromatic carbocycles. The zero-order chi connectivity index (χ0) is 21.1. The van der Waals surface area contributed by atoms with Gasteiger partial charge in [-0.2, -0.15) is 4.31 Å². The minimum atomic E-state index is -3.64. The molecule has 10 heteroatoms. The molecule has 2 aromatic heterocycles. The van der Waals surface area contributed by atoms with Crippen molar-refractivity contribution in [2.24, 2.45) is 0 Å². The predicted octanol–water partition coefficient (Wildman–Crippen LogP) is 2.24. The Bertz CT molecular complexity index is 972. The molecule has 8 nitrogen and oxygen atoms in total. The summed E-state index contributed by atoms with van der Waals surface area (Å²) in [5, 5.41) is 4.60. The van der Waals surface area contributed by atoms with Crippen LogP contribution in [0.15, 0.2) is 32.9 Å². The molecule has 1 unspecified atom stereocenters. The molecule has 2 aliphatic heterocycles. The highest BCUT2D eigenvalue weighted by Crippen LogP contribution is 2.28. The standard InChI is InChI=1S/C20H27N3O5S2/c1-15-4-5-17(28-15)16(22-9-11-27-12-10-22)14-21-20(24)19-18(6-13-29-19)30(25,26)23-7-2-3-8-23/h4-6,13,16H,2-3,7-12,14H2,1H3,(H,21,24). The van der Waals surface area contributed by atoms with E-state index in [0.717, 1.165) is 48.8 Å². The zero-order valence-corrected chi connectivity index (χ0v) is 18.6. The van der Waals surface area contributed by atoms with Gasteiger partial charge in [-0.15, -0.1) is 11.3 Å². The zero-order valence-electron chi connectivity index (χ0n) is 17.0. The van der Waals surface area contributed by atoms with Crippen LogP contribution in [0.2, 0.25) is 0 Å². The van der Waals surface area contributed by atoms with E-state index in [2.05, 4.69) is 10.2 Å². The number of nitrogens with zero attached hydrogens (tertiary/aromatic N) is 2. The van der Waals surface area contributed by atoms with Crippen molar-refractivity contribution in [3.8, 4) is 0 Å². The number of rotatable bonds is 7. The fourth-order valence-corrected chi connectivity index (χ4v) is 6.77. The molecule has 164 valence electrons. The molecule has 1 amide bonds. The van der Waals surface area contributed by atoms with Crippen molar-refractivity contribution in [3.05, 3.63) is 40.0 Å². The fraction of sp³-hybridized carbons (Fsp3) is 0.550. The molecule has 4 heterocycles. The summed E-state index contributed by atoms with van der Waals surface area (Å²) in [4.78, 5) is 15.5. The highest BCUT2D eigenvalue weighted by molar-refractivity contribution is 7.89. The largest absolute Gasteiger partial charge is 0.465 e. The number of carbonyl (C=O) groups excluding carboxylic acids is 1. The summed E-state index contributed by atoms with van der Waals surface area (Å²) < 4.78 is 38.6. The minimum absolute atomic E-state index is 0.101. The molecule has 0 aliphatic carbocycles. The second-order valence-corrected chi connectivity index (χ2v) is 10.4. The third kappa shape index (κ3) is 4.47. The Kier molecular flexibility index (Phi) is 6.59. The lowest BCUT2D eigenvalue weighted by Crippen LogP contribution is -2.43. The minimum Gasteiger partial charge on any atom is -0.465 e. The van der Waals surface area contributed by atoms with E-state index in [1.807, 2.05) is 19.1 Å². The lowest BCUT2D eigenvalue weighted by Gasteiger charge is -2.33. The Balaban J connectivity index is 1.50. The molecular weight excluding hydrogens is 426 g/mol. The van der Waals surface area contributed by atoms with Crippen LogP contribution in [0.5, 0.6) is 0 Å². The van der Waals surface area contributed by atoms with Crippen LogP contribution in [-0.4, -0.2) is 69.5 Å². The lowest BCUT2D eigenvalue weighted by atomic mass is 10.1. The van der Waals surface area contributed by atoms with Crippen LogP contribution in [0.25, 0.3) is 0 Å². The molecule has 0 spiro atoms. The second-order valence-electron chi connectivity index (χ2n) is 7.55. The number of nitrogens with one attached hydrogen (secondary N) is 1. The van der Waals surface area contributed by atoms with Crippen molar-refractivity contribution in [3.63, 3.8) is 0 Å². The predicted molar refractivity (Wildman–Crippen MR) is 113 cm³/mol. The number of carbonyl (C=O) groups is 1.